The van der Waals surface area contributed by atoms with Crippen LogP contribution in [-0.2, 0) is 4.79 Å². The van der Waals surface area contributed by atoms with Crippen molar-refractivity contribution in [1.82, 2.24) is 0 Å². The lowest BCUT2D eigenvalue weighted by Gasteiger charge is -2.12. The van der Waals surface area contributed by atoms with Crippen LogP contribution in [0.3, 0.4) is 0 Å². The predicted molar refractivity (Wildman–Crippen MR) is 72.2 cm³/mol. The van der Waals surface area contributed by atoms with Crippen molar-refractivity contribution in [3.63, 3.8) is 0 Å². The molecule has 1 rings (SSSR count). The van der Waals surface area contributed by atoms with Crippen molar-refractivity contribution in [2.75, 3.05) is 11.9 Å². The van der Waals surface area contributed by atoms with Gasteiger partial charge in [-0.3, -0.25) is 4.79 Å². The lowest BCUT2D eigenvalue weighted by Crippen LogP contribution is -2.14. The molecule has 94 valence electrons. The fourth-order valence-electron chi connectivity index (χ4n) is 1.61. The van der Waals surface area contributed by atoms with E-state index in [-0.39, 0.29) is 5.91 Å². The summed E-state index contributed by atoms with van der Waals surface area (Å²) in [5.74, 6) is 0.509. The summed E-state index contributed by atoms with van der Waals surface area (Å²) in [6.45, 7) is 6.84. The van der Waals surface area contributed by atoms with Crippen molar-refractivity contribution in [2.45, 2.75) is 39.5 Å². The number of nitrogens with one attached hydrogen (secondary N) is 1. The van der Waals surface area contributed by atoms with Gasteiger partial charge >= 0.3 is 0 Å². The molecule has 17 heavy (non-hydrogen) atoms. The molecule has 0 radical (unpaired) electrons. The molecule has 3 nitrogen and oxygen atoms in total. The summed E-state index contributed by atoms with van der Waals surface area (Å²) in [5, 5.41) is 2.95. The van der Waals surface area contributed by atoms with Crippen LogP contribution in [0.1, 0.15) is 43.7 Å². The minimum atomic E-state index is 0.0412. The van der Waals surface area contributed by atoms with Crippen LogP contribution in [0.25, 0.3) is 0 Å². The number of carbonyl (C=O) groups excluding carboxylic acids is 1. The zero-order valence-electron chi connectivity index (χ0n) is 10.9. The summed E-state index contributed by atoms with van der Waals surface area (Å²) in [6, 6.07) is 6.21. The van der Waals surface area contributed by atoms with Crippen LogP contribution in [0, 0.1) is 6.92 Å². The monoisotopic (exact) mass is 234 g/mol. The Kier molecular flexibility index (Phi) is 5.16. The highest BCUT2D eigenvalue weighted by Gasteiger charge is 2.06. The summed E-state index contributed by atoms with van der Waals surface area (Å²) in [5.41, 5.74) is 8.63. The molecular weight excluding hydrogens is 212 g/mol. The molecule has 3 N–H and O–H groups in total. The first-order valence-electron chi connectivity index (χ1n) is 6.15. The normalized spacial score (nSPS) is 10.6. The number of hydrogen-bond acceptors (Lipinski definition) is 2. The van der Waals surface area contributed by atoms with Crippen molar-refractivity contribution >= 4 is 11.6 Å². The summed E-state index contributed by atoms with van der Waals surface area (Å²) in [6.07, 6.45) is 1.22. The quantitative estimate of drug-likeness (QED) is 0.823. The number of amides is 1. The third-order valence-electron chi connectivity index (χ3n) is 2.81. The predicted octanol–water partition coefficient (Wildman–Crippen LogP) is 2.80. The number of benzene rings is 1. The third-order valence-corrected chi connectivity index (χ3v) is 2.81. The second-order valence-corrected chi connectivity index (χ2v) is 4.67. The molecule has 0 aliphatic carbocycles. The molecule has 0 aromatic heterocycles. The molecule has 0 unspecified atom stereocenters. The Balaban J connectivity index is 2.75. The molecule has 3 heteroatoms. The van der Waals surface area contributed by atoms with Gasteiger partial charge in [-0.15, -0.1) is 0 Å². The van der Waals surface area contributed by atoms with Crippen LogP contribution in [0.2, 0.25) is 0 Å². The maximum Gasteiger partial charge on any atom is 0.224 e. The maximum absolute atomic E-state index is 11.6. The van der Waals surface area contributed by atoms with Gasteiger partial charge < -0.3 is 11.1 Å². The van der Waals surface area contributed by atoms with Gasteiger partial charge in [0.25, 0.3) is 0 Å². The molecule has 0 aliphatic heterocycles. The van der Waals surface area contributed by atoms with E-state index in [4.69, 9.17) is 5.73 Å². The van der Waals surface area contributed by atoms with E-state index >= 15 is 0 Å². The van der Waals surface area contributed by atoms with Crippen molar-refractivity contribution in [1.29, 1.82) is 0 Å². The van der Waals surface area contributed by atoms with Crippen LogP contribution < -0.4 is 11.1 Å². The molecule has 0 heterocycles. The maximum atomic E-state index is 11.6. The zero-order valence-corrected chi connectivity index (χ0v) is 10.9. The van der Waals surface area contributed by atoms with E-state index in [1.165, 1.54) is 5.56 Å². The van der Waals surface area contributed by atoms with E-state index in [1.807, 2.05) is 13.0 Å². The van der Waals surface area contributed by atoms with E-state index in [9.17, 15) is 4.79 Å². The Hall–Kier alpha value is -1.35. The largest absolute Gasteiger partial charge is 0.330 e. The number of nitrogens with two attached hydrogens (primary N) is 1. The first-order valence-corrected chi connectivity index (χ1v) is 6.15. The number of hydrogen-bond donors (Lipinski definition) is 2. The Morgan fingerprint density at radius 3 is 2.71 bits per heavy atom. The highest BCUT2D eigenvalue weighted by molar-refractivity contribution is 5.91. The molecule has 0 saturated carbocycles. The van der Waals surface area contributed by atoms with Gasteiger partial charge in [0.15, 0.2) is 0 Å². The summed E-state index contributed by atoms with van der Waals surface area (Å²) < 4.78 is 0. The van der Waals surface area contributed by atoms with E-state index in [0.717, 1.165) is 17.7 Å². The highest BCUT2D eigenvalue weighted by atomic mass is 16.1. The molecule has 0 spiro atoms. The van der Waals surface area contributed by atoms with Gasteiger partial charge in [0.2, 0.25) is 5.91 Å². The third kappa shape index (κ3) is 4.19. The zero-order chi connectivity index (χ0) is 12.8. The molecule has 0 fully saturated rings. The lowest BCUT2D eigenvalue weighted by atomic mass is 10.0. The smallest absolute Gasteiger partial charge is 0.224 e. The number of anilines is 1. The fraction of sp³-hybridized carbons (Fsp3) is 0.500. The number of rotatable bonds is 5. The van der Waals surface area contributed by atoms with Crippen LogP contribution in [-0.4, -0.2) is 12.5 Å². The van der Waals surface area contributed by atoms with Gasteiger partial charge in [-0.25, -0.2) is 0 Å². The molecule has 1 amide bonds. The standard InChI is InChI=1S/C14H22N2O/c1-10(2)12-7-6-11(3)13(9-12)16-14(17)5-4-8-15/h6-7,9-10H,4-5,8,15H2,1-3H3,(H,16,17). The molecule has 0 atom stereocenters. The SMILES string of the molecule is Cc1ccc(C(C)C)cc1NC(=O)CCCN. The molecule has 0 bridgehead atoms. The lowest BCUT2D eigenvalue weighted by molar-refractivity contribution is -0.116. The van der Waals surface area contributed by atoms with Gasteiger partial charge in [0.1, 0.15) is 0 Å². The van der Waals surface area contributed by atoms with E-state index in [1.54, 1.807) is 0 Å². The number of carbonyl (C=O) groups is 1. The van der Waals surface area contributed by atoms with E-state index in [2.05, 4.69) is 31.3 Å². The Morgan fingerprint density at radius 2 is 2.12 bits per heavy atom. The second kappa shape index (κ2) is 6.40. The first kappa shape index (κ1) is 13.7. The molecular formula is C14H22N2O. The van der Waals surface area contributed by atoms with Crippen LogP contribution in [0.5, 0.6) is 0 Å². The van der Waals surface area contributed by atoms with Crippen molar-refractivity contribution in [3.8, 4) is 0 Å². The van der Waals surface area contributed by atoms with E-state index < -0.39 is 0 Å². The molecule has 0 aliphatic rings. The van der Waals surface area contributed by atoms with Crippen LogP contribution >= 0.6 is 0 Å². The first-order chi connectivity index (χ1) is 8.04. The minimum Gasteiger partial charge on any atom is -0.330 e. The topological polar surface area (TPSA) is 55.1 Å². The average molecular weight is 234 g/mol. The van der Waals surface area contributed by atoms with Gasteiger partial charge in [-0.2, -0.15) is 0 Å². The van der Waals surface area contributed by atoms with Gasteiger partial charge in [0, 0.05) is 12.1 Å². The van der Waals surface area contributed by atoms with Crippen LogP contribution in [0.4, 0.5) is 5.69 Å². The summed E-state index contributed by atoms with van der Waals surface area (Å²) >= 11 is 0. The second-order valence-electron chi connectivity index (χ2n) is 4.67. The van der Waals surface area contributed by atoms with Crippen molar-refractivity contribution in [3.05, 3.63) is 29.3 Å². The summed E-state index contributed by atoms with van der Waals surface area (Å²) in [7, 11) is 0. The average Bonchev–Trinajstić information content (AvgIpc) is 2.29. The molecule has 1 aromatic carbocycles. The van der Waals surface area contributed by atoms with Gasteiger partial charge in [0.05, 0.1) is 0 Å². The Bertz CT molecular complexity index is 386. The van der Waals surface area contributed by atoms with Crippen molar-refractivity contribution < 1.29 is 4.79 Å². The summed E-state index contributed by atoms with van der Waals surface area (Å²) in [4.78, 5) is 11.6. The van der Waals surface area contributed by atoms with Gasteiger partial charge in [-0.05, 0) is 43.0 Å². The van der Waals surface area contributed by atoms with E-state index in [0.29, 0.717) is 18.9 Å². The fourth-order valence-corrected chi connectivity index (χ4v) is 1.61. The van der Waals surface area contributed by atoms with Crippen LogP contribution in [0.15, 0.2) is 18.2 Å². The Labute approximate surface area is 103 Å². The molecule has 0 saturated heterocycles. The Morgan fingerprint density at radius 1 is 1.41 bits per heavy atom. The van der Waals surface area contributed by atoms with Crippen molar-refractivity contribution in [2.24, 2.45) is 5.73 Å². The van der Waals surface area contributed by atoms with Gasteiger partial charge in [-0.1, -0.05) is 26.0 Å². The number of aryl methyl sites for hydroxylation is 1. The minimum absolute atomic E-state index is 0.0412. The highest BCUT2D eigenvalue weighted by Crippen LogP contribution is 2.22. The molecule has 1 aromatic rings.